The van der Waals surface area contributed by atoms with Gasteiger partial charge in [-0.05, 0) is 30.4 Å². The molecule has 2 rings (SSSR count). The van der Waals surface area contributed by atoms with Crippen LogP contribution in [0.2, 0.25) is 0 Å². The molecule has 0 saturated heterocycles. The first kappa shape index (κ1) is 8.64. The lowest BCUT2D eigenvalue weighted by Gasteiger charge is -1.91. The van der Waals surface area contributed by atoms with Gasteiger partial charge in [0, 0.05) is 17.1 Å². The number of para-hydroxylation sites is 1. The van der Waals surface area contributed by atoms with Crippen LogP contribution in [0.3, 0.4) is 0 Å². The number of aryl methyl sites for hydroxylation is 1. The fourth-order valence-corrected chi connectivity index (χ4v) is 1.66. The van der Waals surface area contributed by atoms with Crippen molar-refractivity contribution in [3.63, 3.8) is 0 Å². The summed E-state index contributed by atoms with van der Waals surface area (Å²) in [5.74, 6) is 0.732. The van der Waals surface area contributed by atoms with Gasteiger partial charge in [-0.2, -0.15) is 0 Å². The third kappa shape index (κ3) is 1.86. The molecule has 13 heavy (non-hydrogen) atoms. The van der Waals surface area contributed by atoms with Gasteiger partial charge in [0.1, 0.15) is 0 Å². The Morgan fingerprint density at radius 1 is 1.23 bits per heavy atom. The van der Waals surface area contributed by atoms with E-state index in [1.807, 2.05) is 6.07 Å². The van der Waals surface area contributed by atoms with E-state index in [1.165, 1.54) is 16.6 Å². The molecule has 0 amide bonds. The van der Waals surface area contributed by atoms with Gasteiger partial charge in [0.15, 0.2) is 0 Å². The van der Waals surface area contributed by atoms with E-state index in [4.69, 9.17) is 11.6 Å². The summed E-state index contributed by atoms with van der Waals surface area (Å²) in [5.41, 5.74) is 2.49. The molecule has 1 aromatic carbocycles. The molecule has 2 aromatic rings. The third-order valence-corrected chi connectivity index (χ3v) is 2.43. The van der Waals surface area contributed by atoms with Crippen molar-refractivity contribution >= 4 is 22.5 Å². The molecular formula is C11H12ClN. The summed E-state index contributed by atoms with van der Waals surface area (Å²) in [6, 6.07) is 10.5. The van der Waals surface area contributed by atoms with Crippen LogP contribution in [0.15, 0.2) is 30.3 Å². The van der Waals surface area contributed by atoms with E-state index < -0.39 is 0 Å². The maximum atomic E-state index is 5.64. The summed E-state index contributed by atoms with van der Waals surface area (Å²) in [6.07, 6.45) is 2.08. The minimum absolute atomic E-state index is 0.732. The highest BCUT2D eigenvalue weighted by molar-refractivity contribution is 6.17. The molecule has 2 heteroatoms. The summed E-state index contributed by atoms with van der Waals surface area (Å²) in [4.78, 5) is 3.37. The van der Waals surface area contributed by atoms with Crippen LogP contribution in [0.5, 0.6) is 0 Å². The van der Waals surface area contributed by atoms with Crippen LogP contribution in [0.25, 0.3) is 10.9 Å². The van der Waals surface area contributed by atoms with Gasteiger partial charge in [-0.3, -0.25) is 0 Å². The molecule has 0 spiro atoms. The van der Waals surface area contributed by atoms with E-state index in [1.54, 1.807) is 0 Å². The standard InChI is InChI=1S/C11H12ClN/c12-7-3-5-10-8-9-4-1-2-6-11(9)13-10/h1-2,4,6,8,13H,3,5,7H2. The highest BCUT2D eigenvalue weighted by Gasteiger charge is 1.98. The number of fused-ring (bicyclic) bond motifs is 1. The number of aromatic nitrogens is 1. The van der Waals surface area contributed by atoms with Crippen molar-refractivity contribution in [3.05, 3.63) is 36.0 Å². The molecule has 1 nitrogen and oxygen atoms in total. The summed E-state index contributed by atoms with van der Waals surface area (Å²) >= 11 is 5.64. The van der Waals surface area contributed by atoms with Gasteiger partial charge in [0.2, 0.25) is 0 Å². The van der Waals surface area contributed by atoms with Gasteiger partial charge in [-0.15, -0.1) is 11.6 Å². The molecule has 0 aliphatic carbocycles. The average molecular weight is 194 g/mol. The summed E-state index contributed by atoms with van der Waals surface area (Å²) in [6.45, 7) is 0. The minimum Gasteiger partial charge on any atom is -0.358 e. The molecule has 0 fully saturated rings. The third-order valence-electron chi connectivity index (χ3n) is 2.17. The Balaban J connectivity index is 2.28. The largest absolute Gasteiger partial charge is 0.358 e. The first-order valence-electron chi connectivity index (χ1n) is 4.53. The normalized spacial score (nSPS) is 10.8. The molecule has 0 bridgehead atoms. The maximum Gasteiger partial charge on any atom is 0.0456 e. The average Bonchev–Trinajstić information content (AvgIpc) is 2.57. The van der Waals surface area contributed by atoms with Crippen molar-refractivity contribution in [1.29, 1.82) is 0 Å². The summed E-state index contributed by atoms with van der Waals surface area (Å²) < 4.78 is 0. The molecule has 68 valence electrons. The Bertz CT molecular complexity index is 359. The van der Waals surface area contributed by atoms with E-state index in [0.717, 1.165) is 18.7 Å². The zero-order valence-corrected chi connectivity index (χ0v) is 8.14. The fraction of sp³-hybridized carbons (Fsp3) is 0.273. The second kappa shape index (κ2) is 3.84. The van der Waals surface area contributed by atoms with Crippen LogP contribution in [0.1, 0.15) is 12.1 Å². The number of benzene rings is 1. The molecule has 1 aromatic heterocycles. The topological polar surface area (TPSA) is 15.8 Å². The number of nitrogens with one attached hydrogen (secondary N) is 1. The molecule has 0 aliphatic rings. The zero-order valence-electron chi connectivity index (χ0n) is 7.39. The fourth-order valence-electron chi connectivity index (χ4n) is 1.53. The Morgan fingerprint density at radius 2 is 2.08 bits per heavy atom. The Kier molecular flexibility index (Phi) is 2.55. The molecule has 0 saturated carbocycles. The van der Waals surface area contributed by atoms with Gasteiger partial charge in [0.05, 0.1) is 0 Å². The maximum absolute atomic E-state index is 5.64. The second-order valence-electron chi connectivity index (χ2n) is 3.17. The van der Waals surface area contributed by atoms with E-state index in [9.17, 15) is 0 Å². The van der Waals surface area contributed by atoms with Crippen LogP contribution >= 0.6 is 11.6 Å². The number of rotatable bonds is 3. The number of aromatic amines is 1. The highest BCUT2D eigenvalue weighted by Crippen LogP contribution is 2.15. The van der Waals surface area contributed by atoms with Crippen molar-refractivity contribution in [2.24, 2.45) is 0 Å². The minimum atomic E-state index is 0.732. The quantitative estimate of drug-likeness (QED) is 0.720. The number of hydrogen-bond acceptors (Lipinski definition) is 0. The van der Waals surface area contributed by atoms with E-state index >= 15 is 0 Å². The second-order valence-corrected chi connectivity index (χ2v) is 3.55. The molecule has 0 unspecified atom stereocenters. The molecule has 0 radical (unpaired) electrons. The lowest BCUT2D eigenvalue weighted by Crippen LogP contribution is -1.84. The van der Waals surface area contributed by atoms with Gasteiger partial charge in [-0.1, -0.05) is 18.2 Å². The molecule has 0 aliphatic heterocycles. The van der Waals surface area contributed by atoms with E-state index in [-0.39, 0.29) is 0 Å². The van der Waals surface area contributed by atoms with Gasteiger partial charge in [-0.25, -0.2) is 0 Å². The first-order valence-corrected chi connectivity index (χ1v) is 5.06. The van der Waals surface area contributed by atoms with Gasteiger partial charge in [0.25, 0.3) is 0 Å². The van der Waals surface area contributed by atoms with Gasteiger partial charge < -0.3 is 4.98 Å². The molecular weight excluding hydrogens is 182 g/mol. The zero-order chi connectivity index (χ0) is 9.10. The Labute approximate surface area is 82.7 Å². The van der Waals surface area contributed by atoms with Crippen LogP contribution < -0.4 is 0 Å². The smallest absolute Gasteiger partial charge is 0.0456 e. The Hall–Kier alpha value is -0.950. The lowest BCUT2D eigenvalue weighted by molar-refractivity contribution is 0.902. The highest BCUT2D eigenvalue weighted by atomic mass is 35.5. The van der Waals surface area contributed by atoms with Gasteiger partial charge >= 0.3 is 0 Å². The summed E-state index contributed by atoms with van der Waals surface area (Å²) in [7, 11) is 0. The van der Waals surface area contributed by atoms with Crippen molar-refractivity contribution in [3.8, 4) is 0 Å². The van der Waals surface area contributed by atoms with Crippen LogP contribution in [-0.4, -0.2) is 10.9 Å². The molecule has 1 heterocycles. The molecule has 0 atom stereocenters. The number of hydrogen-bond donors (Lipinski definition) is 1. The van der Waals surface area contributed by atoms with E-state index in [2.05, 4.69) is 29.2 Å². The van der Waals surface area contributed by atoms with Crippen molar-refractivity contribution < 1.29 is 0 Å². The predicted octanol–water partition coefficient (Wildman–Crippen LogP) is 3.34. The van der Waals surface area contributed by atoms with Crippen LogP contribution in [0.4, 0.5) is 0 Å². The van der Waals surface area contributed by atoms with Crippen LogP contribution in [0, 0.1) is 0 Å². The summed E-state index contributed by atoms with van der Waals surface area (Å²) in [5, 5.41) is 1.28. The van der Waals surface area contributed by atoms with Crippen LogP contribution in [-0.2, 0) is 6.42 Å². The Morgan fingerprint density at radius 3 is 2.85 bits per heavy atom. The first-order chi connectivity index (χ1) is 6.40. The molecule has 1 N–H and O–H groups in total. The van der Waals surface area contributed by atoms with Crippen molar-refractivity contribution in [1.82, 2.24) is 4.98 Å². The number of alkyl halides is 1. The monoisotopic (exact) mass is 193 g/mol. The number of halogens is 1. The number of H-pyrrole nitrogens is 1. The van der Waals surface area contributed by atoms with E-state index in [0.29, 0.717) is 0 Å². The van der Waals surface area contributed by atoms with Crippen molar-refractivity contribution in [2.75, 3.05) is 5.88 Å². The SMILES string of the molecule is ClCCCc1cc2ccccc2[nH]1. The van der Waals surface area contributed by atoms with Crippen molar-refractivity contribution in [2.45, 2.75) is 12.8 Å². The lowest BCUT2D eigenvalue weighted by atomic mass is 10.2. The predicted molar refractivity (Wildman–Crippen MR) is 57.3 cm³/mol.